The highest BCUT2D eigenvalue weighted by Crippen LogP contribution is 2.62. The van der Waals surface area contributed by atoms with Crippen LogP contribution in [0.2, 0.25) is 0 Å². The second kappa shape index (κ2) is 5.16. The Morgan fingerprint density at radius 3 is 2.35 bits per heavy atom. The minimum absolute atomic E-state index is 0.197. The Hall–Kier alpha value is -1.17. The number of rotatable bonds is 2. The first kappa shape index (κ1) is 15.4. The highest BCUT2D eigenvalue weighted by molar-refractivity contribution is 5.42. The maximum Gasteiger partial charge on any atom is 0.128 e. The van der Waals surface area contributed by atoms with E-state index in [1.165, 1.54) is 5.56 Å². The Bertz CT molecular complexity index is 563. The van der Waals surface area contributed by atoms with Gasteiger partial charge >= 0.3 is 0 Å². The van der Waals surface area contributed by atoms with Crippen LogP contribution in [-0.2, 0) is 10.3 Å². The van der Waals surface area contributed by atoms with Crippen molar-refractivity contribution in [2.75, 3.05) is 18.0 Å². The first-order valence-corrected chi connectivity index (χ1v) is 8.79. The quantitative estimate of drug-likeness (QED) is 0.869. The maximum absolute atomic E-state index is 6.61. The van der Waals surface area contributed by atoms with Gasteiger partial charge in [-0.1, -0.05) is 6.07 Å². The monoisotopic (exact) mass is 316 g/mol. The van der Waals surface area contributed by atoms with E-state index in [4.69, 9.17) is 21.2 Å². The van der Waals surface area contributed by atoms with Crippen molar-refractivity contribution < 1.29 is 4.74 Å². The number of morpholine rings is 1. The highest BCUT2D eigenvalue weighted by atomic mass is 16.5. The van der Waals surface area contributed by atoms with E-state index in [0.29, 0.717) is 11.5 Å². The first-order valence-electron chi connectivity index (χ1n) is 8.79. The van der Waals surface area contributed by atoms with E-state index in [9.17, 15) is 0 Å². The van der Waals surface area contributed by atoms with E-state index < -0.39 is 0 Å². The number of pyridine rings is 1. The van der Waals surface area contributed by atoms with Crippen molar-refractivity contribution in [3.63, 3.8) is 0 Å². The SMILES string of the molecule is CC1CN(c2ccc(C3(N)CC4(CC(N)C4)C3)cn2)CC(C)O1. The summed E-state index contributed by atoms with van der Waals surface area (Å²) in [7, 11) is 0. The molecule has 2 unspecified atom stereocenters. The predicted molar refractivity (Wildman–Crippen MR) is 91.2 cm³/mol. The largest absolute Gasteiger partial charge is 0.372 e. The molecular formula is C18H28N4O. The third-order valence-corrected chi connectivity index (χ3v) is 5.84. The number of aromatic nitrogens is 1. The van der Waals surface area contributed by atoms with Crippen LogP contribution in [0.5, 0.6) is 0 Å². The van der Waals surface area contributed by atoms with E-state index in [1.54, 1.807) is 0 Å². The molecule has 0 bridgehead atoms. The molecule has 126 valence electrons. The molecule has 4 N–H and O–H groups in total. The summed E-state index contributed by atoms with van der Waals surface area (Å²) in [6.07, 6.45) is 6.86. The molecule has 1 spiro atoms. The van der Waals surface area contributed by atoms with E-state index >= 15 is 0 Å². The lowest BCUT2D eigenvalue weighted by Gasteiger charge is -2.61. The van der Waals surface area contributed by atoms with Crippen molar-refractivity contribution in [3.05, 3.63) is 23.9 Å². The Morgan fingerprint density at radius 2 is 1.83 bits per heavy atom. The Morgan fingerprint density at radius 1 is 1.17 bits per heavy atom. The van der Waals surface area contributed by atoms with Gasteiger partial charge in [0.25, 0.3) is 0 Å². The summed E-state index contributed by atoms with van der Waals surface area (Å²) >= 11 is 0. The molecule has 4 rings (SSSR count). The number of hydrogen-bond acceptors (Lipinski definition) is 5. The third kappa shape index (κ3) is 2.65. The lowest BCUT2D eigenvalue weighted by molar-refractivity contribution is -0.0591. The van der Waals surface area contributed by atoms with Crippen molar-refractivity contribution in [2.24, 2.45) is 16.9 Å². The highest BCUT2D eigenvalue weighted by Gasteiger charge is 2.58. The van der Waals surface area contributed by atoms with E-state index in [-0.39, 0.29) is 17.7 Å². The second-order valence-corrected chi connectivity index (χ2v) is 8.25. The van der Waals surface area contributed by atoms with Crippen LogP contribution in [0.3, 0.4) is 0 Å². The van der Waals surface area contributed by atoms with Gasteiger partial charge in [-0.15, -0.1) is 0 Å². The molecule has 5 nitrogen and oxygen atoms in total. The average molecular weight is 316 g/mol. The Labute approximate surface area is 138 Å². The average Bonchev–Trinajstić information content (AvgIpc) is 2.43. The fourth-order valence-electron chi connectivity index (χ4n) is 5.06. The molecule has 3 fully saturated rings. The summed E-state index contributed by atoms with van der Waals surface area (Å²) in [4.78, 5) is 7.00. The zero-order valence-electron chi connectivity index (χ0n) is 14.2. The van der Waals surface area contributed by atoms with Gasteiger partial charge in [0.15, 0.2) is 0 Å². The van der Waals surface area contributed by atoms with Crippen molar-refractivity contribution in [1.82, 2.24) is 4.98 Å². The Kier molecular flexibility index (Phi) is 3.45. The smallest absolute Gasteiger partial charge is 0.128 e. The summed E-state index contributed by atoms with van der Waals surface area (Å²) < 4.78 is 5.79. The predicted octanol–water partition coefficient (Wildman–Crippen LogP) is 1.75. The molecule has 5 heteroatoms. The molecule has 1 aromatic rings. The maximum atomic E-state index is 6.61. The molecule has 3 aliphatic rings. The van der Waals surface area contributed by atoms with Crippen molar-refractivity contribution >= 4 is 5.82 Å². The fraction of sp³-hybridized carbons (Fsp3) is 0.722. The normalized spacial score (nSPS) is 43.1. The van der Waals surface area contributed by atoms with Gasteiger partial charge in [0, 0.05) is 30.9 Å². The van der Waals surface area contributed by atoms with Crippen LogP contribution in [0.1, 0.15) is 45.1 Å². The van der Waals surface area contributed by atoms with Crippen molar-refractivity contribution in [2.45, 2.75) is 63.3 Å². The molecule has 2 atom stereocenters. The van der Waals surface area contributed by atoms with Gasteiger partial charge in [-0.25, -0.2) is 4.98 Å². The van der Waals surface area contributed by atoms with Gasteiger partial charge in [-0.05, 0) is 56.6 Å². The molecule has 1 saturated heterocycles. The fourth-order valence-corrected chi connectivity index (χ4v) is 5.06. The van der Waals surface area contributed by atoms with Crippen molar-refractivity contribution in [1.29, 1.82) is 0 Å². The summed E-state index contributed by atoms with van der Waals surface area (Å²) in [5.41, 5.74) is 14.0. The molecular weight excluding hydrogens is 288 g/mol. The zero-order chi connectivity index (χ0) is 16.2. The van der Waals surface area contributed by atoms with E-state index in [1.807, 2.05) is 6.20 Å². The molecule has 0 radical (unpaired) electrons. The number of nitrogens with two attached hydrogens (primary N) is 2. The second-order valence-electron chi connectivity index (χ2n) is 8.25. The molecule has 23 heavy (non-hydrogen) atoms. The molecule has 2 aliphatic carbocycles. The molecule has 2 heterocycles. The summed E-state index contributed by atoms with van der Waals surface area (Å²) in [5, 5.41) is 0. The third-order valence-electron chi connectivity index (χ3n) is 5.84. The van der Waals surface area contributed by atoms with Gasteiger partial charge in [0.05, 0.1) is 12.2 Å². The molecule has 1 aliphatic heterocycles. The van der Waals surface area contributed by atoms with Gasteiger partial charge in [0.2, 0.25) is 0 Å². The van der Waals surface area contributed by atoms with Gasteiger partial charge in [0.1, 0.15) is 5.82 Å². The van der Waals surface area contributed by atoms with Crippen LogP contribution >= 0.6 is 0 Å². The minimum atomic E-state index is -0.197. The minimum Gasteiger partial charge on any atom is -0.372 e. The number of nitrogens with zero attached hydrogens (tertiary/aromatic N) is 2. The van der Waals surface area contributed by atoms with E-state index in [0.717, 1.165) is 44.6 Å². The Balaban J connectivity index is 1.44. The number of anilines is 1. The standard InChI is InChI=1S/C18H28N4O/c1-12-8-22(9-13(2)23-12)16-4-3-14(7-21-16)18(20)10-17(11-18)5-15(19)6-17/h3-4,7,12-13,15H,5-6,8-11,19-20H2,1-2H3. The van der Waals surface area contributed by atoms with Gasteiger partial charge < -0.3 is 21.1 Å². The van der Waals surface area contributed by atoms with Gasteiger partial charge in [-0.3, -0.25) is 0 Å². The topological polar surface area (TPSA) is 77.4 Å². The summed E-state index contributed by atoms with van der Waals surface area (Å²) in [5.74, 6) is 1.03. The van der Waals surface area contributed by atoms with Crippen LogP contribution < -0.4 is 16.4 Å². The van der Waals surface area contributed by atoms with Crippen LogP contribution in [-0.4, -0.2) is 36.3 Å². The molecule has 0 amide bonds. The molecule has 0 aromatic carbocycles. The van der Waals surface area contributed by atoms with Crippen molar-refractivity contribution in [3.8, 4) is 0 Å². The molecule has 1 aromatic heterocycles. The van der Waals surface area contributed by atoms with E-state index in [2.05, 4.69) is 30.9 Å². The van der Waals surface area contributed by atoms with Crippen LogP contribution in [0.4, 0.5) is 5.82 Å². The van der Waals surface area contributed by atoms with Crippen LogP contribution in [0.25, 0.3) is 0 Å². The number of ether oxygens (including phenoxy) is 1. The lowest BCUT2D eigenvalue weighted by atomic mass is 9.46. The lowest BCUT2D eigenvalue weighted by Crippen LogP contribution is -2.63. The van der Waals surface area contributed by atoms with Crippen LogP contribution in [0.15, 0.2) is 18.3 Å². The zero-order valence-corrected chi connectivity index (χ0v) is 14.2. The molecule has 2 saturated carbocycles. The summed E-state index contributed by atoms with van der Waals surface area (Å²) in [6, 6.07) is 4.68. The van der Waals surface area contributed by atoms with Crippen LogP contribution in [0, 0.1) is 5.41 Å². The summed E-state index contributed by atoms with van der Waals surface area (Å²) in [6.45, 7) is 6.02. The number of hydrogen-bond donors (Lipinski definition) is 2. The first-order chi connectivity index (χ1) is 10.9. The van der Waals surface area contributed by atoms with Gasteiger partial charge in [-0.2, -0.15) is 0 Å².